The molecule has 1 aliphatic rings. The summed E-state index contributed by atoms with van der Waals surface area (Å²) in [7, 11) is -5.08. The summed E-state index contributed by atoms with van der Waals surface area (Å²) in [6, 6.07) is 0. The molecule has 1 aliphatic heterocycles. The van der Waals surface area contributed by atoms with Gasteiger partial charge >= 0.3 is 16.4 Å². The van der Waals surface area contributed by atoms with Crippen molar-refractivity contribution < 1.29 is 56.2 Å². The third kappa shape index (κ3) is 36.1. The smallest absolute Gasteiger partial charge is 0.397 e. The van der Waals surface area contributed by atoms with E-state index in [2.05, 4.69) is 115 Å². The first-order valence-corrected chi connectivity index (χ1v) is 26.4. The second kappa shape index (κ2) is 43.3. The van der Waals surface area contributed by atoms with E-state index in [9.17, 15) is 33.1 Å². The number of allylic oxidation sites excluding steroid dienone is 16. The fraction of sp³-hybridized carbons (Fsp3) is 0.679. The Hall–Kier alpha value is -2.98. The van der Waals surface area contributed by atoms with E-state index >= 15 is 0 Å². The Kier molecular flexibility index (Phi) is 40.1. The zero-order chi connectivity index (χ0) is 48.2. The summed E-state index contributed by atoms with van der Waals surface area (Å²) >= 11 is 0. The minimum absolute atomic E-state index is 0.0118. The second-order valence-electron chi connectivity index (χ2n) is 16.7. The monoisotopic (exact) mass is 949 g/mol. The topological polar surface area (TPSA) is 178 Å². The number of esters is 1. The lowest BCUT2D eigenvalue weighted by molar-refractivity contribution is -0.301. The number of rotatable bonds is 42. The zero-order valence-corrected chi connectivity index (χ0v) is 41.3. The van der Waals surface area contributed by atoms with Gasteiger partial charge in [0.05, 0.1) is 19.8 Å². The summed E-state index contributed by atoms with van der Waals surface area (Å²) in [6.07, 6.45) is 50.1. The van der Waals surface area contributed by atoms with Gasteiger partial charge in [-0.3, -0.25) is 9.35 Å². The van der Waals surface area contributed by atoms with E-state index in [4.69, 9.17) is 18.9 Å². The van der Waals surface area contributed by atoms with Crippen molar-refractivity contribution in [1.29, 1.82) is 0 Å². The molecule has 1 rings (SSSR count). The van der Waals surface area contributed by atoms with Gasteiger partial charge in [-0.05, 0) is 89.9 Å². The maximum atomic E-state index is 12.9. The van der Waals surface area contributed by atoms with Crippen LogP contribution in [0.4, 0.5) is 0 Å². The summed E-state index contributed by atoms with van der Waals surface area (Å²) in [5.74, 6) is -0.427. The third-order valence-corrected chi connectivity index (χ3v) is 11.2. The van der Waals surface area contributed by atoms with Crippen molar-refractivity contribution >= 4 is 16.4 Å². The van der Waals surface area contributed by atoms with E-state index in [1.807, 2.05) is 0 Å². The van der Waals surface area contributed by atoms with Gasteiger partial charge in [-0.1, -0.05) is 169 Å². The molecule has 0 amide bonds. The molecule has 1 heterocycles. The van der Waals surface area contributed by atoms with Crippen LogP contribution in [0.5, 0.6) is 0 Å². The molecule has 6 unspecified atom stereocenters. The highest BCUT2D eigenvalue weighted by molar-refractivity contribution is 7.80. The minimum atomic E-state index is -5.08. The standard InChI is InChI=1S/C53H88O12S/c1-3-5-7-9-11-13-15-17-19-21-23-25-27-29-31-33-35-37-39-41-43-61-45-47(46-62-53-51(57)52(65-66(58,59)60)50(56)48(44-54)64-53)63-49(55)42-40-38-36-34-32-30-28-26-24-22-20-18-16-14-12-10-8-6-4-2/h5,7,11-14,17-20,23,25,29,31,35,37,47-48,50-54,56-57H,3-4,6,8-10,15-16,21-22,24,26-28,30,32-34,36,38-46H2,1-2H3,(H,58,59,60)/b7-5-,13-11-,14-12-,19-17-,20-18-,25-23-,31-29-,37-35-. The van der Waals surface area contributed by atoms with E-state index in [1.54, 1.807) is 0 Å². The quantitative estimate of drug-likeness (QED) is 0.0197. The van der Waals surface area contributed by atoms with E-state index in [-0.39, 0.29) is 19.6 Å². The molecule has 0 bridgehead atoms. The molecule has 0 spiro atoms. The Morgan fingerprint density at radius 2 is 1.05 bits per heavy atom. The average Bonchev–Trinajstić information content (AvgIpc) is 3.29. The number of unbranched alkanes of at least 4 members (excludes halogenated alkanes) is 13. The van der Waals surface area contributed by atoms with Crippen LogP contribution in [0.2, 0.25) is 0 Å². The van der Waals surface area contributed by atoms with Gasteiger partial charge in [0.2, 0.25) is 0 Å². The minimum Gasteiger partial charge on any atom is -0.457 e. The van der Waals surface area contributed by atoms with Crippen molar-refractivity contribution in [2.75, 3.05) is 26.4 Å². The van der Waals surface area contributed by atoms with Crippen LogP contribution in [0.15, 0.2) is 97.2 Å². The molecule has 0 saturated carbocycles. The average molecular weight is 949 g/mol. The number of hydrogen-bond acceptors (Lipinski definition) is 11. The fourth-order valence-corrected chi connectivity index (χ4v) is 7.46. The fourth-order valence-electron chi connectivity index (χ4n) is 6.95. The molecule has 12 nitrogen and oxygen atoms in total. The molecular formula is C53H88O12S. The molecule has 1 saturated heterocycles. The van der Waals surface area contributed by atoms with Crippen LogP contribution in [0.3, 0.4) is 0 Å². The highest BCUT2D eigenvalue weighted by Crippen LogP contribution is 2.26. The summed E-state index contributed by atoms with van der Waals surface area (Å²) in [5.41, 5.74) is 0. The van der Waals surface area contributed by atoms with Gasteiger partial charge in [0.25, 0.3) is 0 Å². The number of carbonyl (C=O) groups is 1. The summed E-state index contributed by atoms with van der Waals surface area (Å²) < 4.78 is 59.1. The van der Waals surface area contributed by atoms with Crippen molar-refractivity contribution in [3.8, 4) is 0 Å². The number of aliphatic hydroxyl groups is 3. The van der Waals surface area contributed by atoms with Crippen LogP contribution in [-0.2, 0) is 38.3 Å². The SMILES string of the molecule is CC/C=C\C/C=C\C/C=C\C/C=C\C/C=C\C/C=C\CCCOCC(COC1OC(CO)C(O)C(OS(=O)(=O)O)C1O)OC(=O)CCCCCCCCCCC/C=C\C/C=C\CCCCC. The first-order valence-electron chi connectivity index (χ1n) is 25.0. The molecule has 6 atom stereocenters. The normalized spacial score (nSPS) is 20.4. The number of ether oxygens (including phenoxy) is 4. The van der Waals surface area contributed by atoms with E-state index in [0.717, 1.165) is 83.5 Å². The van der Waals surface area contributed by atoms with E-state index in [0.29, 0.717) is 13.0 Å². The highest BCUT2D eigenvalue weighted by Gasteiger charge is 2.48. The Morgan fingerprint density at radius 3 is 1.53 bits per heavy atom. The van der Waals surface area contributed by atoms with Gasteiger partial charge in [-0.2, -0.15) is 8.42 Å². The Morgan fingerprint density at radius 1 is 0.591 bits per heavy atom. The second-order valence-corrected chi connectivity index (χ2v) is 17.7. The van der Waals surface area contributed by atoms with Crippen LogP contribution in [0.25, 0.3) is 0 Å². The van der Waals surface area contributed by atoms with Gasteiger partial charge < -0.3 is 34.3 Å². The lowest BCUT2D eigenvalue weighted by Gasteiger charge is -2.41. The van der Waals surface area contributed by atoms with Gasteiger partial charge in [0.1, 0.15) is 30.5 Å². The Bertz CT molecular complexity index is 1520. The number of carbonyl (C=O) groups excluding carboxylic acids is 1. The van der Waals surface area contributed by atoms with Crippen molar-refractivity contribution in [2.45, 2.75) is 205 Å². The first kappa shape index (κ1) is 61.0. The van der Waals surface area contributed by atoms with Gasteiger partial charge in [-0.25, -0.2) is 4.18 Å². The van der Waals surface area contributed by atoms with Crippen LogP contribution >= 0.6 is 0 Å². The maximum absolute atomic E-state index is 12.9. The molecule has 66 heavy (non-hydrogen) atoms. The van der Waals surface area contributed by atoms with Crippen LogP contribution in [0, 0.1) is 0 Å². The number of hydrogen-bond donors (Lipinski definition) is 4. The van der Waals surface area contributed by atoms with Crippen molar-refractivity contribution in [3.05, 3.63) is 97.2 Å². The lowest BCUT2D eigenvalue weighted by Crippen LogP contribution is -2.60. The summed E-state index contributed by atoms with van der Waals surface area (Å²) in [4.78, 5) is 12.9. The van der Waals surface area contributed by atoms with Gasteiger partial charge in [-0.15, -0.1) is 0 Å². The molecule has 0 aromatic carbocycles. The van der Waals surface area contributed by atoms with Gasteiger partial charge in [0, 0.05) is 13.0 Å². The molecule has 0 aliphatic carbocycles. The van der Waals surface area contributed by atoms with Crippen LogP contribution < -0.4 is 0 Å². The predicted molar refractivity (Wildman–Crippen MR) is 266 cm³/mol. The summed E-state index contributed by atoms with van der Waals surface area (Å²) in [6.45, 7) is 3.68. The van der Waals surface area contributed by atoms with Crippen LogP contribution in [-0.4, -0.2) is 97.5 Å². The molecule has 13 heteroatoms. The van der Waals surface area contributed by atoms with E-state index in [1.165, 1.54) is 57.8 Å². The van der Waals surface area contributed by atoms with E-state index < -0.39 is 59.8 Å². The summed E-state index contributed by atoms with van der Waals surface area (Å²) in [5, 5.41) is 30.7. The lowest BCUT2D eigenvalue weighted by atomic mass is 9.99. The molecule has 0 aromatic rings. The molecular weight excluding hydrogens is 861 g/mol. The molecule has 4 N–H and O–H groups in total. The third-order valence-electron chi connectivity index (χ3n) is 10.7. The van der Waals surface area contributed by atoms with Crippen LogP contribution in [0.1, 0.15) is 168 Å². The van der Waals surface area contributed by atoms with Crippen molar-refractivity contribution in [2.24, 2.45) is 0 Å². The van der Waals surface area contributed by atoms with Crippen molar-refractivity contribution in [3.63, 3.8) is 0 Å². The highest BCUT2D eigenvalue weighted by atomic mass is 32.3. The molecule has 0 aromatic heterocycles. The first-order chi connectivity index (χ1) is 32.1. The Labute approximate surface area is 399 Å². The molecule has 378 valence electrons. The predicted octanol–water partition coefficient (Wildman–Crippen LogP) is 11.4. The number of aliphatic hydroxyl groups excluding tert-OH is 3. The Balaban J connectivity index is 2.44. The largest absolute Gasteiger partial charge is 0.457 e. The van der Waals surface area contributed by atoms with Gasteiger partial charge in [0.15, 0.2) is 6.29 Å². The van der Waals surface area contributed by atoms with Crippen molar-refractivity contribution in [1.82, 2.24) is 0 Å². The zero-order valence-electron chi connectivity index (χ0n) is 40.5. The molecule has 0 radical (unpaired) electrons. The maximum Gasteiger partial charge on any atom is 0.397 e. The molecule has 1 fully saturated rings.